The quantitative estimate of drug-likeness (QED) is 0.636. The van der Waals surface area contributed by atoms with Crippen LogP contribution in [0.15, 0.2) is 18.2 Å². The van der Waals surface area contributed by atoms with E-state index < -0.39 is 36.2 Å². The summed E-state index contributed by atoms with van der Waals surface area (Å²) in [6.07, 6.45) is -0.676. The van der Waals surface area contributed by atoms with Crippen molar-refractivity contribution in [3.8, 4) is 0 Å². The molecule has 0 saturated heterocycles. The van der Waals surface area contributed by atoms with Crippen molar-refractivity contribution in [3.63, 3.8) is 0 Å². The van der Waals surface area contributed by atoms with E-state index in [0.29, 0.717) is 5.56 Å². The molecule has 21 heavy (non-hydrogen) atoms. The van der Waals surface area contributed by atoms with Crippen molar-refractivity contribution in [3.05, 3.63) is 29.6 Å². The fourth-order valence-electron chi connectivity index (χ4n) is 1.58. The fourth-order valence-corrected chi connectivity index (χ4v) is 1.58. The Morgan fingerprint density at radius 3 is 2.52 bits per heavy atom. The topological polar surface area (TPSA) is 116 Å². The van der Waals surface area contributed by atoms with Crippen molar-refractivity contribution in [2.24, 2.45) is 0 Å². The third-order valence-corrected chi connectivity index (χ3v) is 2.62. The number of hydrogen-bond acceptors (Lipinski definition) is 3. The zero-order chi connectivity index (χ0) is 16.0. The van der Waals surface area contributed by atoms with Crippen molar-refractivity contribution in [2.75, 3.05) is 5.32 Å². The largest absolute Gasteiger partial charge is 0.481 e. The highest BCUT2D eigenvalue weighted by Crippen LogP contribution is 2.15. The van der Waals surface area contributed by atoms with Gasteiger partial charge in [-0.25, -0.2) is 14.0 Å². The van der Waals surface area contributed by atoms with Crippen LogP contribution >= 0.6 is 0 Å². The van der Waals surface area contributed by atoms with E-state index >= 15 is 0 Å². The molecule has 0 aliphatic rings. The molecule has 0 aromatic heterocycles. The number of benzene rings is 1. The first kappa shape index (κ1) is 16.4. The molecule has 2 amide bonds. The van der Waals surface area contributed by atoms with Crippen LogP contribution in [0, 0.1) is 12.7 Å². The number of hydrogen-bond donors (Lipinski definition) is 4. The van der Waals surface area contributed by atoms with Crippen molar-refractivity contribution in [2.45, 2.75) is 25.8 Å². The van der Waals surface area contributed by atoms with Crippen molar-refractivity contribution < 1.29 is 29.0 Å². The zero-order valence-electron chi connectivity index (χ0n) is 11.2. The normalized spacial score (nSPS) is 11.5. The van der Waals surface area contributed by atoms with Crippen molar-refractivity contribution in [1.29, 1.82) is 0 Å². The standard InChI is InChI=1S/C13H15FN2O5/c1-7-2-3-8(14)10(6-7)16-13(21)15-9(12(19)20)4-5-11(17)18/h2-3,6,9H,4-5H2,1H3,(H,17,18)(H,19,20)(H2,15,16,21)/t9-/m0/s1. The van der Waals surface area contributed by atoms with Crippen LogP contribution in [0.4, 0.5) is 14.9 Å². The van der Waals surface area contributed by atoms with Crippen LogP contribution in [0.25, 0.3) is 0 Å². The fraction of sp³-hybridized carbons (Fsp3) is 0.308. The van der Waals surface area contributed by atoms with E-state index in [1.54, 1.807) is 6.92 Å². The third kappa shape index (κ3) is 5.47. The molecule has 0 heterocycles. The van der Waals surface area contributed by atoms with Crippen molar-refractivity contribution >= 4 is 23.7 Å². The van der Waals surface area contributed by atoms with Crippen LogP contribution in [0.1, 0.15) is 18.4 Å². The number of urea groups is 1. The Labute approximate surface area is 119 Å². The van der Waals surface area contributed by atoms with Crippen LogP contribution in [0.2, 0.25) is 0 Å². The predicted molar refractivity (Wildman–Crippen MR) is 71.6 cm³/mol. The van der Waals surface area contributed by atoms with Gasteiger partial charge < -0.3 is 20.8 Å². The maximum atomic E-state index is 13.4. The molecular weight excluding hydrogens is 283 g/mol. The minimum atomic E-state index is -1.37. The van der Waals surface area contributed by atoms with E-state index in [4.69, 9.17) is 10.2 Å². The molecule has 0 fully saturated rings. The first-order chi connectivity index (χ1) is 9.79. The maximum Gasteiger partial charge on any atom is 0.326 e. The van der Waals surface area contributed by atoms with E-state index in [1.165, 1.54) is 18.2 Å². The summed E-state index contributed by atoms with van der Waals surface area (Å²) in [5.74, 6) is -3.20. The van der Waals surface area contributed by atoms with Crippen LogP contribution in [0.3, 0.4) is 0 Å². The molecule has 4 N–H and O–H groups in total. The molecule has 7 nitrogen and oxygen atoms in total. The highest BCUT2D eigenvalue weighted by atomic mass is 19.1. The van der Waals surface area contributed by atoms with Crippen LogP contribution in [-0.4, -0.2) is 34.2 Å². The second kappa shape index (κ2) is 7.22. The van der Waals surface area contributed by atoms with Gasteiger partial charge in [-0.15, -0.1) is 0 Å². The molecular formula is C13H15FN2O5. The lowest BCUT2D eigenvalue weighted by atomic mass is 10.1. The van der Waals surface area contributed by atoms with E-state index in [9.17, 15) is 18.8 Å². The summed E-state index contributed by atoms with van der Waals surface area (Å²) in [6.45, 7) is 1.70. The van der Waals surface area contributed by atoms with Gasteiger partial charge in [0, 0.05) is 6.42 Å². The number of carbonyl (C=O) groups excluding carboxylic acids is 1. The smallest absolute Gasteiger partial charge is 0.326 e. The van der Waals surface area contributed by atoms with Gasteiger partial charge in [0.2, 0.25) is 0 Å². The average molecular weight is 298 g/mol. The van der Waals surface area contributed by atoms with E-state index in [-0.39, 0.29) is 12.1 Å². The number of aliphatic carboxylic acids is 2. The number of carboxylic acid groups (broad SMARTS) is 2. The third-order valence-electron chi connectivity index (χ3n) is 2.62. The molecule has 0 unspecified atom stereocenters. The molecule has 8 heteroatoms. The lowest BCUT2D eigenvalue weighted by Crippen LogP contribution is -2.43. The number of carboxylic acids is 2. The van der Waals surface area contributed by atoms with Gasteiger partial charge in [0.1, 0.15) is 11.9 Å². The van der Waals surface area contributed by atoms with Crippen LogP contribution in [-0.2, 0) is 9.59 Å². The molecule has 0 bridgehead atoms. The monoisotopic (exact) mass is 298 g/mol. The summed E-state index contributed by atoms with van der Waals surface area (Å²) in [7, 11) is 0. The number of halogens is 1. The number of amides is 2. The Bertz CT molecular complexity index is 561. The summed E-state index contributed by atoms with van der Waals surface area (Å²) in [6, 6.07) is 1.79. The Balaban J connectivity index is 2.67. The molecule has 114 valence electrons. The Morgan fingerprint density at radius 2 is 1.95 bits per heavy atom. The van der Waals surface area contributed by atoms with E-state index in [2.05, 4.69) is 10.6 Å². The van der Waals surface area contributed by atoms with Gasteiger partial charge in [0.15, 0.2) is 0 Å². The zero-order valence-corrected chi connectivity index (χ0v) is 11.2. The van der Waals surface area contributed by atoms with Gasteiger partial charge in [-0.05, 0) is 31.0 Å². The molecule has 1 atom stereocenters. The molecule has 1 aromatic carbocycles. The molecule has 0 saturated carbocycles. The average Bonchev–Trinajstić information content (AvgIpc) is 2.38. The van der Waals surface area contributed by atoms with Crippen LogP contribution < -0.4 is 10.6 Å². The van der Waals surface area contributed by atoms with Gasteiger partial charge in [-0.1, -0.05) is 6.07 Å². The summed E-state index contributed by atoms with van der Waals surface area (Å²) < 4.78 is 13.4. The summed E-state index contributed by atoms with van der Waals surface area (Å²) in [4.78, 5) is 33.0. The molecule has 1 aromatic rings. The number of anilines is 1. The summed E-state index contributed by atoms with van der Waals surface area (Å²) >= 11 is 0. The molecule has 0 radical (unpaired) electrons. The molecule has 0 aliphatic carbocycles. The van der Waals surface area contributed by atoms with Crippen molar-refractivity contribution in [1.82, 2.24) is 5.32 Å². The number of carbonyl (C=O) groups is 3. The SMILES string of the molecule is Cc1ccc(F)c(NC(=O)N[C@@H](CCC(=O)O)C(=O)O)c1. The molecule has 0 spiro atoms. The second-order valence-corrected chi connectivity index (χ2v) is 4.40. The number of aryl methyl sites for hydroxylation is 1. The summed E-state index contributed by atoms with van der Waals surface area (Å²) in [5, 5.41) is 21.7. The molecule has 0 aliphatic heterocycles. The number of nitrogens with one attached hydrogen (secondary N) is 2. The van der Waals surface area contributed by atoms with Gasteiger partial charge in [0.25, 0.3) is 0 Å². The highest BCUT2D eigenvalue weighted by Gasteiger charge is 2.21. The van der Waals surface area contributed by atoms with Gasteiger partial charge in [-0.3, -0.25) is 4.79 Å². The van der Waals surface area contributed by atoms with Gasteiger partial charge in [-0.2, -0.15) is 0 Å². The Hall–Kier alpha value is -2.64. The second-order valence-electron chi connectivity index (χ2n) is 4.40. The maximum absolute atomic E-state index is 13.4. The minimum absolute atomic E-state index is 0.0881. The first-order valence-corrected chi connectivity index (χ1v) is 6.08. The summed E-state index contributed by atoms with van der Waals surface area (Å²) in [5.41, 5.74) is 0.627. The predicted octanol–water partition coefficient (Wildman–Crippen LogP) is 1.57. The lowest BCUT2D eigenvalue weighted by Gasteiger charge is -2.14. The van der Waals surface area contributed by atoms with E-state index in [1.807, 2.05) is 0 Å². The van der Waals surface area contributed by atoms with Crippen LogP contribution in [0.5, 0.6) is 0 Å². The minimum Gasteiger partial charge on any atom is -0.481 e. The molecule has 1 rings (SSSR count). The van der Waals surface area contributed by atoms with E-state index in [0.717, 1.165) is 0 Å². The highest BCUT2D eigenvalue weighted by molar-refractivity contribution is 5.92. The Morgan fingerprint density at radius 1 is 1.29 bits per heavy atom. The number of rotatable bonds is 6. The van der Waals surface area contributed by atoms with Gasteiger partial charge in [0.05, 0.1) is 5.69 Å². The first-order valence-electron chi connectivity index (χ1n) is 6.08. The Kier molecular flexibility index (Phi) is 5.65. The van der Waals surface area contributed by atoms with Gasteiger partial charge >= 0.3 is 18.0 Å². The lowest BCUT2D eigenvalue weighted by molar-refractivity contribution is -0.140.